The Morgan fingerprint density at radius 3 is 2.30 bits per heavy atom. The summed E-state index contributed by atoms with van der Waals surface area (Å²) in [4.78, 5) is 30.8. The molecule has 1 aliphatic carbocycles. The molecule has 2 heterocycles. The van der Waals surface area contributed by atoms with E-state index in [1.165, 1.54) is 27.9 Å². The summed E-state index contributed by atoms with van der Waals surface area (Å²) in [7, 11) is 2.18. The molecule has 2 saturated heterocycles. The van der Waals surface area contributed by atoms with Gasteiger partial charge in [-0.05, 0) is 96.8 Å². The number of nitrogens with one attached hydrogen (secondary N) is 1. The zero-order valence-corrected chi connectivity index (χ0v) is 26.4. The number of carbonyl (C=O) groups is 2. The second kappa shape index (κ2) is 13.0. The van der Waals surface area contributed by atoms with Crippen LogP contribution in [0.15, 0.2) is 97.1 Å². The molecule has 3 aliphatic rings. The number of piperidine rings is 1. The third-order valence-electron chi connectivity index (χ3n) is 10.3. The fourth-order valence-electron chi connectivity index (χ4n) is 7.83. The van der Waals surface area contributed by atoms with Gasteiger partial charge in [0.1, 0.15) is 5.75 Å². The maximum absolute atomic E-state index is 12.5. The van der Waals surface area contributed by atoms with Crippen molar-refractivity contribution in [3.8, 4) is 5.75 Å². The fourth-order valence-corrected chi connectivity index (χ4v) is 7.83. The number of fused-ring (bicyclic) bond motifs is 1. The predicted octanol–water partition coefficient (Wildman–Crippen LogP) is 6.80. The Kier molecular flexibility index (Phi) is 8.50. The summed E-state index contributed by atoms with van der Waals surface area (Å²) in [6.45, 7) is 3.14. The van der Waals surface area contributed by atoms with Gasteiger partial charge in [-0.1, -0.05) is 66.7 Å². The van der Waals surface area contributed by atoms with E-state index >= 15 is 0 Å². The Balaban J connectivity index is 1.02. The van der Waals surface area contributed by atoms with Gasteiger partial charge in [-0.2, -0.15) is 0 Å². The molecule has 2 fully saturated rings. The number of hydrogen-bond acceptors (Lipinski definition) is 5. The molecule has 236 valence electrons. The van der Waals surface area contributed by atoms with Crippen LogP contribution < -0.4 is 15.1 Å². The Hall–Kier alpha value is -4.62. The minimum absolute atomic E-state index is 0.214. The summed E-state index contributed by atoms with van der Waals surface area (Å²) >= 11 is 0. The summed E-state index contributed by atoms with van der Waals surface area (Å²) < 4.78 is 0. The molecule has 2 atom stereocenters. The van der Waals surface area contributed by atoms with E-state index in [1.807, 2.05) is 30.3 Å². The van der Waals surface area contributed by atoms with E-state index in [0.29, 0.717) is 30.7 Å². The molecule has 0 radical (unpaired) electrons. The van der Waals surface area contributed by atoms with Crippen molar-refractivity contribution in [3.05, 3.63) is 125 Å². The Morgan fingerprint density at radius 2 is 1.54 bits per heavy atom. The first-order valence-corrected chi connectivity index (χ1v) is 16.6. The molecule has 0 aromatic heterocycles. The third-order valence-corrected chi connectivity index (χ3v) is 10.3. The van der Waals surface area contributed by atoms with Gasteiger partial charge in [0.05, 0.1) is 0 Å². The first-order valence-electron chi connectivity index (χ1n) is 16.6. The lowest BCUT2D eigenvalue weighted by atomic mass is 9.69. The van der Waals surface area contributed by atoms with Gasteiger partial charge in [0.2, 0.25) is 5.91 Å². The van der Waals surface area contributed by atoms with E-state index in [9.17, 15) is 14.7 Å². The zero-order chi connectivity index (χ0) is 31.6. The number of anilines is 2. The van der Waals surface area contributed by atoms with Crippen LogP contribution in [-0.4, -0.2) is 54.7 Å². The number of amides is 3. The summed E-state index contributed by atoms with van der Waals surface area (Å²) in [6, 6.07) is 34.1. The molecule has 7 nitrogen and oxygen atoms in total. The molecule has 7 rings (SSSR count). The zero-order valence-electron chi connectivity index (χ0n) is 26.4. The van der Waals surface area contributed by atoms with Crippen LogP contribution in [0.2, 0.25) is 0 Å². The van der Waals surface area contributed by atoms with Gasteiger partial charge in [-0.3, -0.25) is 19.9 Å². The summed E-state index contributed by atoms with van der Waals surface area (Å²) in [6.07, 6.45) is 4.48. The van der Waals surface area contributed by atoms with Crippen LogP contribution in [-0.2, 0) is 17.8 Å². The van der Waals surface area contributed by atoms with Gasteiger partial charge in [0.25, 0.3) is 0 Å². The first kappa shape index (κ1) is 30.1. The molecular weight excluding hydrogens is 572 g/mol. The van der Waals surface area contributed by atoms with E-state index in [4.69, 9.17) is 0 Å². The monoisotopic (exact) mass is 614 g/mol. The highest BCUT2D eigenvalue weighted by Crippen LogP contribution is 2.47. The van der Waals surface area contributed by atoms with E-state index in [-0.39, 0.29) is 17.9 Å². The largest absolute Gasteiger partial charge is 0.508 e. The van der Waals surface area contributed by atoms with Crippen LogP contribution in [0, 0.1) is 0 Å². The lowest BCUT2D eigenvalue weighted by Crippen LogP contribution is -2.50. The van der Waals surface area contributed by atoms with Crippen molar-refractivity contribution in [2.45, 2.75) is 56.5 Å². The normalized spacial score (nSPS) is 20.5. The first-order chi connectivity index (χ1) is 22.4. The Morgan fingerprint density at radius 1 is 0.804 bits per heavy atom. The predicted molar refractivity (Wildman–Crippen MR) is 183 cm³/mol. The number of urea groups is 1. The molecule has 2 aliphatic heterocycles. The van der Waals surface area contributed by atoms with Gasteiger partial charge in [0, 0.05) is 55.9 Å². The van der Waals surface area contributed by atoms with E-state index in [2.05, 4.69) is 88.9 Å². The van der Waals surface area contributed by atoms with Crippen molar-refractivity contribution in [2.75, 3.05) is 36.5 Å². The van der Waals surface area contributed by atoms with Gasteiger partial charge in [-0.15, -0.1) is 0 Å². The van der Waals surface area contributed by atoms with Crippen LogP contribution in [0.4, 0.5) is 16.2 Å². The molecule has 0 bridgehead atoms. The van der Waals surface area contributed by atoms with Gasteiger partial charge in [0.15, 0.2) is 0 Å². The average Bonchev–Trinajstić information content (AvgIpc) is 3.09. The number of imide groups is 1. The number of rotatable bonds is 7. The number of benzene rings is 4. The van der Waals surface area contributed by atoms with E-state index in [0.717, 1.165) is 56.6 Å². The molecule has 3 amide bonds. The van der Waals surface area contributed by atoms with Crippen molar-refractivity contribution in [1.29, 1.82) is 0 Å². The van der Waals surface area contributed by atoms with Crippen LogP contribution in [0.3, 0.4) is 0 Å². The smallest absolute Gasteiger partial charge is 0.328 e. The molecule has 4 aromatic carbocycles. The average molecular weight is 615 g/mol. The van der Waals surface area contributed by atoms with E-state index < -0.39 is 0 Å². The number of hydrogen-bond donors (Lipinski definition) is 2. The third kappa shape index (κ3) is 6.12. The molecule has 2 unspecified atom stereocenters. The lowest BCUT2D eigenvalue weighted by Gasteiger charge is -2.39. The highest BCUT2D eigenvalue weighted by atomic mass is 16.3. The molecule has 0 saturated carbocycles. The van der Waals surface area contributed by atoms with Crippen LogP contribution in [0.1, 0.15) is 65.3 Å². The minimum atomic E-state index is -0.340. The molecule has 4 aromatic rings. The number of aryl methyl sites for hydroxylation is 1. The topological polar surface area (TPSA) is 76.1 Å². The number of aromatic hydroxyl groups is 1. The van der Waals surface area contributed by atoms with Crippen LogP contribution in [0.5, 0.6) is 5.75 Å². The van der Waals surface area contributed by atoms with Crippen molar-refractivity contribution >= 4 is 23.3 Å². The van der Waals surface area contributed by atoms with Crippen LogP contribution in [0.25, 0.3) is 0 Å². The summed E-state index contributed by atoms with van der Waals surface area (Å²) in [5, 5.41) is 12.6. The quantitative estimate of drug-likeness (QED) is 0.240. The number of phenols is 1. The number of nitrogens with zero attached hydrogens (tertiary/aromatic N) is 3. The SMILES string of the molecule is CN(Cc1ccccc1N1CCC(=O)NC1=O)C1CCN(c2ccc(C3c4ccc(O)cc4CCC3c3ccccc3)cc2)CC1. The van der Waals surface area contributed by atoms with Gasteiger partial charge in [-0.25, -0.2) is 4.79 Å². The molecule has 7 heteroatoms. The van der Waals surface area contributed by atoms with Gasteiger partial charge >= 0.3 is 6.03 Å². The Bertz CT molecular complexity index is 1700. The highest BCUT2D eigenvalue weighted by Gasteiger charge is 2.33. The maximum Gasteiger partial charge on any atom is 0.328 e. The minimum Gasteiger partial charge on any atom is -0.508 e. The Labute approximate surface area is 271 Å². The fraction of sp³-hybridized carbons (Fsp3) is 0.333. The number of phenolic OH excluding ortho intramolecular Hbond substituents is 1. The number of carbonyl (C=O) groups excluding carboxylic acids is 2. The summed E-state index contributed by atoms with van der Waals surface area (Å²) in [5.74, 6) is 0.775. The standard InChI is InChI=1S/C39H42N4O3/c1-41(26-30-9-5-6-10-36(30)43-24-21-37(45)40-39(43)46)31-19-22-42(23-20-31)32-14-11-28(12-15-32)38-34(27-7-3-2-4-8-27)17-13-29-25-33(44)16-18-35(29)38/h2-12,14-16,18,25,31,34,38,44H,13,17,19-24,26H2,1H3,(H,40,45,46). The summed E-state index contributed by atoms with van der Waals surface area (Å²) in [5.41, 5.74) is 8.51. The van der Waals surface area contributed by atoms with Crippen molar-refractivity contribution < 1.29 is 14.7 Å². The highest BCUT2D eigenvalue weighted by molar-refractivity contribution is 6.05. The molecule has 0 spiro atoms. The van der Waals surface area contributed by atoms with Crippen molar-refractivity contribution in [2.24, 2.45) is 0 Å². The second-order valence-electron chi connectivity index (χ2n) is 13.0. The van der Waals surface area contributed by atoms with Gasteiger partial charge < -0.3 is 10.0 Å². The molecular formula is C39H42N4O3. The molecule has 2 N–H and O–H groups in total. The lowest BCUT2D eigenvalue weighted by molar-refractivity contribution is -0.120. The molecule has 46 heavy (non-hydrogen) atoms. The van der Waals surface area contributed by atoms with Crippen molar-refractivity contribution in [1.82, 2.24) is 10.2 Å². The maximum atomic E-state index is 12.5. The van der Waals surface area contributed by atoms with E-state index in [1.54, 1.807) is 4.90 Å². The van der Waals surface area contributed by atoms with Crippen LogP contribution >= 0.6 is 0 Å². The van der Waals surface area contributed by atoms with Crippen molar-refractivity contribution in [3.63, 3.8) is 0 Å². The number of para-hydroxylation sites is 1. The second-order valence-corrected chi connectivity index (χ2v) is 13.0.